The molecule has 1 aromatic carbocycles. The summed E-state index contributed by atoms with van der Waals surface area (Å²) in [5.41, 5.74) is 0.827. The Labute approximate surface area is 160 Å². The Morgan fingerprint density at radius 1 is 1.20 bits per heavy atom. The predicted octanol–water partition coefficient (Wildman–Crippen LogP) is 5.57. The lowest BCUT2D eigenvalue weighted by molar-refractivity contribution is -0.122. The number of rotatable bonds is 4. The van der Waals surface area contributed by atoms with Gasteiger partial charge in [0.2, 0.25) is 0 Å². The summed E-state index contributed by atoms with van der Waals surface area (Å²) in [7, 11) is 0. The van der Waals surface area contributed by atoms with Gasteiger partial charge in [-0.05, 0) is 55.9 Å². The highest BCUT2D eigenvalue weighted by atomic mass is 35.5. The number of likely N-dealkylation sites (N-methyl/N-ethyl adjacent to an activating group) is 1. The van der Waals surface area contributed by atoms with E-state index < -0.39 is 0 Å². The quantitative estimate of drug-likeness (QED) is 0.637. The SMILES string of the molecule is CCN=C1SC(=Cc2ccc(-c3ccc(Cl)c(Cl)c3)o2)C(=O)N1CC. The highest BCUT2D eigenvalue weighted by molar-refractivity contribution is 8.18. The van der Waals surface area contributed by atoms with Gasteiger partial charge in [0.15, 0.2) is 5.17 Å². The second kappa shape index (κ2) is 7.68. The molecule has 2 heterocycles. The maximum absolute atomic E-state index is 12.5. The fourth-order valence-corrected chi connectivity index (χ4v) is 3.79. The summed E-state index contributed by atoms with van der Waals surface area (Å²) in [5, 5.41) is 1.70. The normalized spacial score (nSPS) is 17.9. The molecule has 7 heteroatoms. The standard InChI is InChI=1S/C18H16Cl2N2O2S/c1-3-21-18-22(4-2)17(23)16(25-18)10-12-6-8-15(24-12)11-5-7-13(19)14(20)9-11/h5-10H,3-4H2,1-2H3. The van der Waals surface area contributed by atoms with Crippen LogP contribution in [0.4, 0.5) is 0 Å². The number of thioether (sulfide) groups is 1. The monoisotopic (exact) mass is 394 g/mol. The lowest BCUT2D eigenvalue weighted by atomic mass is 10.2. The average molecular weight is 395 g/mol. The highest BCUT2D eigenvalue weighted by Gasteiger charge is 2.32. The minimum absolute atomic E-state index is 0.0489. The van der Waals surface area contributed by atoms with Crippen molar-refractivity contribution in [3.63, 3.8) is 0 Å². The first-order valence-electron chi connectivity index (χ1n) is 7.84. The number of aliphatic imine (C=N–C) groups is 1. The first-order chi connectivity index (χ1) is 12.0. The molecule has 25 heavy (non-hydrogen) atoms. The molecule has 1 aliphatic heterocycles. The average Bonchev–Trinajstić information content (AvgIpc) is 3.16. The number of hydrogen-bond acceptors (Lipinski definition) is 4. The molecule has 0 N–H and O–H groups in total. The van der Waals surface area contributed by atoms with Crippen molar-refractivity contribution in [1.82, 2.24) is 4.90 Å². The summed E-state index contributed by atoms with van der Waals surface area (Å²) in [6.45, 7) is 5.11. The van der Waals surface area contributed by atoms with Crippen molar-refractivity contribution in [3.8, 4) is 11.3 Å². The minimum atomic E-state index is -0.0489. The fourth-order valence-electron chi connectivity index (χ4n) is 2.40. The lowest BCUT2D eigenvalue weighted by Gasteiger charge is -2.11. The molecule has 0 unspecified atom stereocenters. The Bertz CT molecular complexity index is 874. The van der Waals surface area contributed by atoms with Crippen LogP contribution in [0, 0.1) is 0 Å². The van der Waals surface area contributed by atoms with Gasteiger partial charge in [-0.15, -0.1) is 0 Å². The van der Waals surface area contributed by atoms with E-state index in [2.05, 4.69) is 4.99 Å². The number of nitrogens with zero attached hydrogens (tertiary/aromatic N) is 2. The van der Waals surface area contributed by atoms with E-state index in [-0.39, 0.29) is 5.91 Å². The van der Waals surface area contributed by atoms with Crippen molar-refractivity contribution < 1.29 is 9.21 Å². The molecular formula is C18H16Cl2N2O2S. The van der Waals surface area contributed by atoms with Crippen molar-refractivity contribution in [3.05, 3.63) is 51.0 Å². The maximum Gasteiger partial charge on any atom is 0.266 e. The van der Waals surface area contributed by atoms with Crippen molar-refractivity contribution in [1.29, 1.82) is 0 Å². The fraction of sp³-hybridized carbons (Fsp3) is 0.222. The van der Waals surface area contributed by atoms with Crippen LogP contribution in [0.3, 0.4) is 0 Å². The van der Waals surface area contributed by atoms with Gasteiger partial charge in [-0.1, -0.05) is 23.2 Å². The van der Waals surface area contributed by atoms with Crippen molar-refractivity contribution in [2.24, 2.45) is 4.99 Å². The Kier molecular flexibility index (Phi) is 5.57. The van der Waals surface area contributed by atoms with Crippen LogP contribution in [0.5, 0.6) is 0 Å². The molecule has 0 radical (unpaired) electrons. The zero-order valence-electron chi connectivity index (χ0n) is 13.8. The summed E-state index contributed by atoms with van der Waals surface area (Å²) >= 11 is 13.4. The van der Waals surface area contributed by atoms with Crippen LogP contribution in [0.1, 0.15) is 19.6 Å². The van der Waals surface area contributed by atoms with E-state index in [0.717, 1.165) is 10.7 Å². The number of carbonyl (C=O) groups is 1. The molecule has 0 atom stereocenters. The molecule has 0 aliphatic carbocycles. The summed E-state index contributed by atoms with van der Waals surface area (Å²) < 4.78 is 5.84. The van der Waals surface area contributed by atoms with E-state index in [9.17, 15) is 4.79 Å². The summed E-state index contributed by atoms with van der Waals surface area (Å²) in [6.07, 6.45) is 1.74. The molecule has 0 spiro atoms. The number of amides is 1. The van der Waals surface area contributed by atoms with E-state index in [1.807, 2.05) is 32.0 Å². The Hall–Kier alpha value is -1.69. The van der Waals surface area contributed by atoms with Crippen molar-refractivity contribution >= 4 is 52.1 Å². The third-order valence-electron chi connectivity index (χ3n) is 3.60. The van der Waals surface area contributed by atoms with Crippen LogP contribution in [-0.2, 0) is 4.79 Å². The number of amidine groups is 1. The van der Waals surface area contributed by atoms with Crippen LogP contribution < -0.4 is 0 Å². The van der Waals surface area contributed by atoms with Gasteiger partial charge in [-0.2, -0.15) is 0 Å². The molecule has 130 valence electrons. The molecule has 1 amide bonds. The Balaban J connectivity index is 1.88. The molecule has 2 aromatic rings. The second-order valence-corrected chi connectivity index (χ2v) is 7.07. The van der Waals surface area contributed by atoms with Crippen LogP contribution >= 0.6 is 35.0 Å². The van der Waals surface area contributed by atoms with Crippen LogP contribution in [0.15, 0.2) is 44.6 Å². The topological polar surface area (TPSA) is 45.8 Å². The first kappa shape index (κ1) is 18.1. The number of carbonyl (C=O) groups excluding carboxylic acids is 1. The third kappa shape index (κ3) is 3.78. The van der Waals surface area contributed by atoms with Gasteiger partial charge in [0.25, 0.3) is 5.91 Å². The first-order valence-corrected chi connectivity index (χ1v) is 9.41. The molecule has 0 saturated carbocycles. The summed E-state index contributed by atoms with van der Waals surface area (Å²) in [4.78, 5) is 19.1. The zero-order chi connectivity index (χ0) is 18.0. The van der Waals surface area contributed by atoms with E-state index in [1.165, 1.54) is 11.8 Å². The van der Waals surface area contributed by atoms with Gasteiger partial charge in [0.05, 0.1) is 15.0 Å². The van der Waals surface area contributed by atoms with Crippen molar-refractivity contribution in [2.45, 2.75) is 13.8 Å². The third-order valence-corrected chi connectivity index (χ3v) is 5.39. The van der Waals surface area contributed by atoms with Crippen molar-refractivity contribution in [2.75, 3.05) is 13.1 Å². The van der Waals surface area contributed by atoms with E-state index >= 15 is 0 Å². The number of benzene rings is 1. The summed E-state index contributed by atoms with van der Waals surface area (Å²) in [5.74, 6) is 1.22. The zero-order valence-corrected chi connectivity index (χ0v) is 16.1. The van der Waals surface area contributed by atoms with Gasteiger partial charge in [0.1, 0.15) is 11.5 Å². The minimum Gasteiger partial charge on any atom is -0.457 e. The van der Waals surface area contributed by atoms with Gasteiger partial charge in [0, 0.05) is 24.7 Å². The molecule has 1 saturated heterocycles. The molecule has 1 fully saturated rings. The number of halogens is 2. The molecule has 3 rings (SSSR count). The van der Waals surface area contributed by atoms with Crippen LogP contribution in [0.25, 0.3) is 17.4 Å². The number of hydrogen-bond donors (Lipinski definition) is 0. The van der Waals surface area contributed by atoms with Crippen LogP contribution in [-0.4, -0.2) is 29.1 Å². The van der Waals surface area contributed by atoms with Crippen LogP contribution in [0.2, 0.25) is 10.0 Å². The van der Waals surface area contributed by atoms with E-state index in [4.69, 9.17) is 27.6 Å². The highest BCUT2D eigenvalue weighted by Crippen LogP contribution is 2.34. The summed E-state index contributed by atoms with van der Waals surface area (Å²) in [6, 6.07) is 8.98. The van der Waals surface area contributed by atoms with E-state index in [0.29, 0.717) is 39.6 Å². The second-order valence-electron chi connectivity index (χ2n) is 5.25. The number of furan rings is 1. The predicted molar refractivity (Wildman–Crippen MR) is 105 cm³/mol. The molecule has 1 aliphatic rings. The Morgan fingerprint density at radius 3 is 2.68 bits per heavy atom. The smallest absolute Gasteiger partial charge is 0.266 e. The molecule has 0 bridgehead atoms. The maximum atomic E-state index is 12.5. The van der Waals surface area contributed by atoms with Gasteiger partial charge >= 0.3 is 0 Å². The van der Waals surface area contributed by atoms with Gasteiger partial charge < -0.3 is 4.42 Å². The molecule has 4 nitrogen and oxygen atoms in total. The molecule has 1 aromatic heterocycles. The lowest BCUT2D eigenvalue weighted by Crippen LogP contribution is -2.28. The van der Waals surface area contributed by atoms with E-state index in [1.54, 1.807) is 23.1 Å². The Morgan fingerprint density at radius 2 is 2.00 bits per heavy atom. The van der Waals surface area contributed by atoms with Gasteiger partial charge in [-0.25, -0.2) is 0 Å². The largest absolute Gasteiger partial charge is 0.457 e. The van der Waals surface area contributed by atoms with Gasteiger partial charge in [-0.3, -0.25) is 14.7 Å². The molecular weight excluding hydrogens is 379 g/mol.